The molecule has 0 radical (unpaired) electrons. The van der Waals surface area contributed by atoms with Crippen LogP contribution >= 0.6 is 0 Å². The summed E-state index contributed by atoms with van der Waals surface area (Å²) in [5, 5.41) is 5.48. The number of nitrogens with one attached hydrogen (secondary N) is 4. The van der Waals surface area contributed by atoms with Crippen LogP contribution in [0.2, 0.25) is 0 Å². The number of hydrogen-bond acceptors (Lipinski definition) is 9. The molecule has 64 heavy (non-hydrogen) atoms. The highest BCUT2D eigenvalue weighted by Gasteiger charge is 2.56. The number of aromatic nitrogens is 4. The van der Waals surface area contributed by atoms with Gasteiger partial charge in [-0.05, 0) is 107 Å². The van der Waals surface area contributed by atoms with Gasteiger partial charge in [-0.1, -0.05) is 70.2 Å². The van der Waals surface area contributed by atoms with E-state index in [2.05, 4.69) is 75.2 Å². The molecule has 3 aromatic carbocycles. The van der Waals surface area contributed by atoms with Gasteiger partial charge in [0.15, 0.2) is 0 Å². The van der Waals surface area contributed by atoms with Crippen molar-refractivity contribution in [2.75, 3.05) is 20.8 Å². The first-order valence-corrected chi connectivity index (χ1v) is 22.7. The summed E-state index contributed by atoms with van der Waals surface area (Å²) in [5.74, 6) is 1.48. The zero-order valence-corrected chi connectivity index (χ0v) is 37.1. The van der Waals surface area contributed by atoms with Crippen molar-refractivity contribution in [2.24, 2.45) is 17.8 Å². The van der Waals surface area contributed by atoms with Gasteiger partial charge >= 0.3 is 12.2 Å². The second-order valence-corrected chi connectivity index (χ2v) is 18.8. The Hall–Kier alpha value is -6.22. The second-order valence-electron chi connectivity index (χ2n) is 18.8. The topological polar surface area (TPSA) is 184 Å². The maximum absolute atomic E-state index is 14.0. The maximum Gasteiger partial charge on any atom is 0.407 e. The number of carbonyl (C=O) groups excluding carboxylic acids is 4. The van der Waals surface area contributed by atoms with Crippen LogP contribution in [0.4, 0.5) is 9.59 Å². The van der Waals surface area contributed by atoms with E-state index in [1.54, 1.807) is 0 Å². The number of aromatic amines is 2. The Bertz CT molecular complexity index is 2640. The molecule has 3 saturated heterocycles. The van der Waals surface area contributed by atoms with E-state index < -0.39 is 24.3 Å². The molecule has 334 valence electrons. The van der Waals surface area contributed by atoms with Crippen molar-refractivity contribution in [3.05, 3.63) is 83.6 Å². The van der Waals surface area contributed by atoms with Crippen LogP contribution < -0.4 is 10.6 Å². The molecular weight excluding hydrogens is 813 g/mol. The zero-order valence-electron chi connectivity index (χ0n) is 37.1. The normalized spacial score (nSPS) is 23.9. The van der Waals surface area contributed by atoms with Crippen molar-refractivity contribution in [3.8, 4) is 33.5 Å². The van der Waals surface area contributed by atoms with Gasteiger partial charge in [-0.25, -0.2) is 19.6 Å². The fourth-order valence-corrected chi connectivity index (χ4v) is 10.8. The Kier molecular flexibility index (Phi) is 10.7. The van der Waals surface area contributed by atoms with Gasteiger partial charge in [0.05, 0.1) is 61.4 Å². The summed E-state index contributed by atoms with van der Waals surface area (Å²) in [6.07, 6.45) is 6.05. The molecule has 4 N–H and O–H groups in total. The van der Waals surface area contributed by atoms with Gasteiger partial charge in [0.1, 0.15) is 23.7 Å². The maximum atomic E-state index is 14.0. The van der Waals surface area contributed by atoms with Crippen LogP contribution in [0.1, 0.15) is 113 Å². The molecule has 2 aromatic heterocycles. The Morgan fingerprint density at radius 3 is 2.02 bits per heavy atom. The molecule has 15 nitrogen and oxygen atoms in total. The van der Waals surface area contributed by atoms with Crippen molar-refractivity contribution >= 4 is 35.0 Å². The van der Waals surface area contributed by atoms with E-state index in [1.165, 1.54) is 30.9 Å². The molecule has 8 atom stereocenters. The summed E-state index contributed by atoms with van der Waals surface area (Å²) in [6.45, 7) is 8.27. The second kappa shape index (κ2) is 16.4. The number of hydrogen-bond donors (Lipinski definition) is 4. The average Bonchev–Trinajstić information content (AvgIpc) is 4.04. The zero-order chi connectivity index (χ0) is 44.6. The summed E-state index contributed by atoms with van der Waals surface area (Å²) >= 11 is 0. The highest BCUT2D eigenvalue weighted by atomic mass is 16.5. The Morgan fingerprint density at radius 2 is 1.36 bits per heavy atom. The SMILES string of the molecule is COC(=O)N[C@H](C(=O)N1C(c2nc3ccc(-c4ccc(-c5ccc(-c6cnc([C@@H]7CCCN7C(=O)[C@@H](NC(=O)OC)C(C)C)[nH]6)cc5)c5c4C4CCC5O4)cc3[nH]2)CC2CC21)C(C)C. The number of benzene rings is 3. The van der Waals surface area contributed by atoms with Gasteiger partial charge < -0.3 is 44.6 Å². The van der Waals surface area contributed by atoms with Gasteiger partial charge in [-0.3, -0.25) is 9.59 Å². The van der Waals surface area contributed by atoms with Gasteiger partial charge in [-0.15, -0.1) is 0 Å². The summed E-state index contributed by atoms with van der Waals surface area (Å²) in [5.41, 5.74) is 10.6. The predicted molar refractivity (Wildman–Crippen MR) is 238 cm³/mol. The quantitative estimate of drug-likeness (QED) is 0.101. The van der Waals surface area contributed by atoms with E-state index in [4.69, 9.17) is 24.2 Å². The third kappa shape index (κ3) is 7.27. The molecule has 1 aliphatic carbocycles. The number of likely N-dealkylation sites (tertiary alicyclic amines) is 2. The van der Waals surface area contributed by atoms with Crippen LogP contribution in [-0.4, -0.2) is 92.6 Å². The summed E-state index contributed by atoms with van der Waals surface area (Å²) in [7, 11) is 2.61. The largest absolute Gasteiger partial charge is 0.453 e. The lowest BCUT2D eigenvalue weighted by molar-refractivity contribution is -0.137. The van der Waals surface area contributed by atoms with Crippen LogP contribution in [0.5, 0.6) is 0 Å². The molecule has 5 unspecified atom stereocenters. The number of carbonyl (C=O) groups is 4. The van der Waals surface area contributed by atoms with Gasteiger partial charge in [-0.2, -0.15) is 0 Å². The molecule has 5 aromatic rings. The number of ether oxygens (including phenoxy) is 3. The number of amides is 4. The number of methoxy groups -OCH3 is 2. The minimum absolute atomic E-state index is 0.0250. The number of fused-ring (bicyclic) bond motifs is 7. The Labute approximate surface area is 372 Å². The van der Waals surface area contributed by atoms with E-state index in [0.29, 0.717) is 12.5 Å². The molecule has 5 aliphatic rings. The lowest BCUT2D eigenvalue weighted by Gasteiger charge is -2.31. The fraction of sp³-hybridized carbons (Fsp3) is 0.469. The number of H-pyrrole nitrogens is 2. The first-order valence-electron chi connectivity index (χ1n) is 22.7. The highest BCUT2D eigenvalue weighted by molar-refractivity contribution is 5.89. The molecule has 10 rings (SSSR count). The van der Waals surface area contributed by atoms with Crippen LogP contribution in [-0.2, 0) is 23.8 Å². The molecule has 4 fully saturated rings. The minimum atomic E-state index is -0.693. The fourth-order valence-electron chi connectivity index (χ4n) is 10.8. The summed E-state index contributed by atoms with van der Waals surface area (Å²) in [4.78, 5) is 72.6. The Balaban J connectivity index is 0.891. The van der Waals surface area contributed by atoms with Crippen LogP contribution in [0.3, 0.4) is 0 Å². The van der Waals surface area contributed by atoms with Gasteiger partial charge in [0.25, 0.3) is 0 Å². The predicted octanol–water partition coefficient (Wildman–Crippen LogP) is 8.28. The number of piperidine rings is 1. The van der Waals surface area contributed by atoms with E-state index in [-0.39, 0.29) is 54.0 Å². The smallest absolute Gasteiger partial charge is 0.407 e. The summed E-state index contributed by atoms with van der Waals surface area (Å²) in [6, 6.07) is 17.7. The number of nitrogens with zero attached hydrogens (tertiary/aromatic N) is 4. The third-order valence-electron chi connectivity index (χ3n) is 14.2. The molecule has 4 aliphatic heterocycles. The van der Waals surface area contributed by atoms with Crippen molar-refractivity contribution in [1.29, 1.82) is 0 Å². The molecular formula is C49H56N8O7. The monoisotopic (exact) mass is 868 g/mol. The number of alkyl carbamates (subject to hydrolysis) is 2. The van der Waals surface area contributed by atoms with E-state index >= 15 is 0 Å². The van der Waals surface area contributed by atoms with Crippen molar-refractivity contribution < 1.29 is 33.4 Å². The van der Waals surface area contributed by atoms with Gasteiger partial charge in [0, 0.05) is 12.6 Å². The van der Waals surface area contributed by atoms with E-state index in [9.17, 15) is 19.2 Å². The van der Waals surface area contributed by atoms with Crippen LogP contribution in [0.15, 0.2) is 60.8 Å². The van der Waals surface area contributed by atoms with Crippen molar-refractivity contribution in [2.45, 2.75) is 109 Å². The first kappa shape index (κ1) is 41.8. The van der Waals surface area contributed by atoms with Crippen LogP contribution in [0.25, 0.3) is 44.5 Å². The standard InChI is InChI=1S/C49H56N8O7/c1-24(2)42(54-48(60)62-5)46(58)56-19-7-8-35(56)44-50-23-34(53-44)27-11-9-26(10-12-27)30-14-15-31(41-39-18-17-38(64-39)40(30)41)28-13-16-32-33(20-28)52-45(51-32)37-22-29-21-36(29)57(37)47(59)43(25(3)4)55-49(61)63-6/h9-16,20,23-25,29,35-39,42-43H,7-8,17-19,21-22H2,1-6H3,(H,50,53)(H,51,52)(H,54,60)(H,55,61)/t29?,35-,36?,37?,38?,39?,42-,43-/m0/s1. The lowest BCUT2D eigenvalue weighted by atomic mass is 9.81. The van der Waals surface area contributed by atoms with Crippen molar-refractivity contribution in [1.82, 2.24) is 40.4 Å². The number of rotatable bonds is 11. The first-order chi connectivity index (χ1) is 30.9. The van der Waals surface area contributed by atoms with E-state index in [1.807, 2.05) is 43.7 Å². The van der Waals surface area contributed by atoms with E-state index in [0.717, 1.165) is 89.2 Å². The summed E-state index contributed by atoms with van der Waals surface area (Å²) < 4.78 is 16.2. The Morgan fingerprint density at radius 1 is 0.734 bits per heavy atom. The number of imidazole rings is 2. The molecule has 1 saturated carbocycles. The average molecular weight is 869 g/mol. The molecule has 2 bridgehead atoms. The lowest BCUT2D eigenvalue weighted by Crippen LogP contribution is -2.52. The van der Waals surface area contributed by atoms with Gasteiger partial charge in [0.2, 0.25) is 11.8 Å². The van der Waals surface area contributed by atoms with Crippen molar-refractivity contribution in [3.63, 3.8) is 0 Å². The molecule has 0 spiro atoms. The third-order valence-corrected chi connectivity index (χ3v) is 14.2. The van der Waals surface area contributed by atoms with Crippen LogP contribution in [0, 0.1) is 17.8 Å². The molecule has 4 amide bonds. The molecule has 6 heterocycles. The highest BCUT2D eigenvalue weighted by Crippen LogP contribution is 2.57. The minimum Gasteiger partial charge on any atom is -0.453 e. The molecule has 15 heteroatoms.